The van der Waals surface area contributed by atoms with E-state index in [-0.39, 0.29) is 0 Å². The predicted octanol–water partition coefficient (Wildman–Crippen LogP) is 0.513. The van der Waals surface area contributed by atoms with Crippen molar-refractivity contribution >= 4 is 16.1 Å². The maximum absolute atomic E-state index is 13.3. The van der Waals surface area contributed by atoms with E-state index in [1.165, 1.54) is 6.92 Å². The second kappa shape index (κ2) is 4.01. The van der Waals surface area contributed by atoms with Crippen molar-refractivity contribution in [3.63, 3.8) is 0 Å². The lowest BCUT2D eigenvalue weighted by Gasteiger charge is -2.18. The molecule has 1 unspecified atom stereocenters. The van der Waals surface area contributed by atoms with Gasteiger partial charge in [-0.15, -0.1) is 0 Å². The Kier molecular flexibility index (Phi) is 3.80. The zero-order valence-corrected chi connectivity index (χ0v) is 8.10. The first-order valence-corrected chi connectivity index (χ1v) is 4.93. The fourth-order valence-electron chi connectivity index (χ4n) is 0.686. The number of carbonyl (C=O) groups excluding carboxylic acids is 1. The van der Waals surface area contributed by atoms with Crippen LogP contribution in [0, 0.1) is 0 Å². The maximum atomic E-state index is 13.3. The molecular formula is C6H11FO5S. The molecule has 0 saturated carbocycles. The van der Waals surface area contributed by atoms with E-state index in [2.05, 4.69) is 4.74 Å². The summed E-state index contributed by atoms with van der Waals surface area (Å²) in [6, 6.07) is 0. The van der Waals surface area contributed by atoms with E-state index >= 15 is 0 Å². The van der Waals surface area contributed by atoms with Gasteiger partial charge in [-0.25, -0.2) is 4.39 Å². The Labute approximate surface area is 75.6 Å². The minimum absolute atomic E-state index is 0.513. The van der Waals surface area contributed by atoms with Crippen molar-refractivity contribution in [1.82, 2.24) is 0 Å². The lowest BCUT2D eigenvalue weighted by Crippen LogP contribution is -2.35. The molecule has 0 fully saturated rings. The third-order valence-corrected chi connectivity index (χ3v) is 2.98. The summed E-state index contributed by atoms with van der Waals surface area (Å²) in [4.78, 5) is 10.6. The maximum Gasteiger partial charge on any atom is 0.309 e. The highest BCUT2D eigenvalue weighted by Gasteiger charge is 2.44. The van der Waals surface area contributed by atoms with Gasteiger partial charge in [0, 0.05) is 0 Å². The molecule has 0 radical (unpaired) electrons. The summed E-state index contributed by atoms with van der Waals surface area (Å²) in [5.41, 5.74) is 0. The first kappa shape index (κ1) is 12.3. The number of hydrogen-bond acceptors (Lipinski definition) is 4. The molecule has 13 heavy (non-hydrogen) atoms. The number of esters is 1. The molecule has 0 rings (SSSR count). The largest absolute Gasteiger partial charge is 0.469 e. The van der Waals surface area contributed by atoms with Crippen LogP contribution in [0.15, 0.2) is 0 Å². The standard InChI is InChI=1S/C6H11FO5S/c1-3-6(7,13(9,10)11)4-5(8)12-2/h3-4H2,1-2H3,(H,9,10,11). The average Bonchev–Trinajstić information content (AvgIpc) is 2.02. The monoisotopic (exact) mass is 214 g/mol. The molecule has 0 aliphatic rings. The Morgan fingerprint density at radius 1 is 1.62 bits per heavy atom. The molecule has 0 heterocycles. The van der Waals surface area contributed by atoms with Crippen molar-refractivity contribution in [2.45, 2.75) is 24.8 Å². The number of alkyl halides is 1. The summed E-state index contributed by atoms with van der Waals surface area (Å²) >= 11 is 0. The van der Waals surface area contributed by atoms with Crippen LogP contribution < -0.4 is 0 Å². The zero-order valence-electron chi connectivity index (χ0n) is 7.28. The number of carbonyl (C=O) groups is 1. The van der Waals surface area contributed by atoms with Crippen LogP contribution in [0.1, 0.15) is 19.8 Å². The van der Waals surface area contributed by atoms with Gasteiger partial charge in [0.1, 0.15) is 0 Å². The molecule has 0 saturated heterocycles. The Morgan fingerprint density at radius 2 is 2.08 bits per heavy atom. The molecule has 0 bridgehead atoms. The predicted molar refractivity (Wildman–Crippen MR) is 42.3 cm³/mol. The molecule has 0 amide bonds. The SMILES string of the molecule is CCC(F)(CC(=O)OC)S(=O)(=O)O. The molecule has 78 valence electrons. The molecule has 0 spiro atoms. The number of ether oxygens (including phenoxy) is 1. The summed E-state index contributed by atoms with van der Waals surface area (Å²) in [7, 11) is -3.88. The summed E-state index contributed by atoms with van der Waals surface area (Å²) in [6.07, 6.45) is -1.51. The topological polar surface area (TPSA) is 80.7 Å². The minimum Gasteiger partial charge on any atom is -0.469 e. The Hall–Kier alpha value is -0.690. The fraction of sp³-hybridized carbons (Fsp3) is 0.833. The van der Waals surface area contributed by atoms with Gasteiger partial charge in [0.25, 0.3) is 0 Å². The summed E-state index contributed by atoms with van der Waals surface area (Å²) < 4.78 is 46.9. The van der Waals surface area contributed by atoms with Crippen LogP contribution in [-0.2, 0) is 19.6 Å². The number of rotatable bonds is 4. The molecular weight excluding hydrogens is 203 g/mol. The van der Waals surface area contributed by atoms with Gasteiger partial charge in [0.15, 0.2) is 0 Å². The molecule has 0 aliphatic carbocycles. The minimum atomic E-state index is -4.89. The highest BCUT2D eigenvalue weighted by atomic mass is 32.2. The van der Waals surface area contributed by atoms with Crippen LogP contribution in [0.2, 0.25) is 0 Å². The van der Waals surface area contributed by atoms with Gasteiger partial charge in [-0.3, -0.25) is 9.35 Å². The van der Waals surface area contributed by atoms with E-state index in [0.717, 1.165) is 7.11 Å². The van der Waals surface area contributed by atoms with Crippen molar-refractivity contribution in [3.8, 4) is 0 Å². The molecule has 0 aromatic heterocycles. The van der Waals surface area contributed by atoms with Gasteiger partial charge in [-0.05, 0) is 6.42 Å². The molecule has 0 aromatic rings. The smallest absolute Gasteiger partial charge is 0.309 e. The van der Waals surface area contributed by atoms with Crippen LogP contribution in [0.25, 0.3) is 0 Å². The van der Waals surface area contributed by atoms with Crippen LogP contribution in [0.4, 0.5) is 4.39 Å². The van der Waals surface area contributed by atoms with Crippen LogP contribution in [-0.4, -0.2) is 31.1 Å². The van der Waals surface area contributed by atoms with Crippen LogP contribution in [0.3, 0.4) is 0 Å². The van der Waals surface area contributed by atoms with E-state index in [9.17, 15) is 17.6 Å². The third kappa shape index (κ3) is 2.92. The molecule has 1 atom stereocenters. The van der Waals surface area contributed by atoms with Crippen molar-refractivity contribution in [3.05, 3.63) is 0 Å². The van der Waals surface area contributed by atoms with E-state index in [1.807, 2.05) is 0 Å². The van der Waals surface area contributed by atoms with Gasteiger partial charge in [0.2, 0.25) is 5.00 Å². The molecule has 1 N–H and O–H groups in total. The summed E-state index contributed by atoms with van der Waals surface area (Å²) in [6.45, 7) is 1.21. The Balaban J connectivity index is 4.77. The second-order valence-electron chi connectivity index (χ2n) is 2.46. The highest BCUT2D eigenvalue weighted by molar-refractivity contribution is 7.87. The van der Waals surface area contributed by atoms with Crippen molar-refractivity contribution in [1.29, 1.82) is 0 Å². The first-order chi connectivity index (χ1) is 5.77. The fourth-order valence-corrected chi connectivity index (χ4v) is 1.35. The summed E-state index contributed by atoms with van der Waals surface area (Å²) in [5.74, 6) is -1.03. The van der Waals surface area contributed by atoms with Gasteiger partial charge in [-0.2, -0.15) is 8.42 Å². The Bertz CT molecular complexity index is 285. The second-order valence-corrected chi connectivity index (χ2v) is 4.15. The quantitative estimate of drug-likeness (QED) is 0.544. The summed E-state index contributed by atoms with van der Waals surface area (Å²) in [5, 5.41) is -2.94. The number of hydrogen-bond donors (Lipinski definition) is 1. The molecule has 7 heteroatoms. The van der Waals surface area contributed by atoms with E-state index in [0.29, 0.717) is 0 Å². The highest BCUT2D eigenvalue weighted by Crippen LogP contribution is 2.27. The van der Waals surface area contributed by atoms with E-state index < -0.39 is 33.9 Å². The average molecular weight is 214 g/mol. The zero-order chi connectivity index (χ0) is 10.7. The van der Waals surface area contributed by atoms with Crippen molar-refractivity contribution in [2.24, 2.45) is 0 Å². The van der Waals surface area contributed by atoms with Crippen molar-refractivity contribution < 1.29 is 26.9 Å². The molecule has 0 aromatic carbocycles. The lowest BCUT2D eigenvalue weighted by atomic mass is 10.2. The van der Waals surface area contributed by atoms with Gasteiger partial charge < -0.3 is 4.74 Å². The molecule has 0 aliphatic heterocycles. The third-order valence-electron chi connectivity index (χ3n) is 1.63. The van der Waals surface area contributed by atoms with E-state index in [4.69, 9.17) is 4.55 Å². The van der Waals surface area contributed by atoms with E-state index in [1.54, 1.807) is 0 Å². The van der Waals surface area contributed by atoms with Gasteiger partial charge in [0.05, 0.1) is 13.5 Å². The van der Waals surface area contributed by atoms with Gasteiger partial charge >= 0.3 is 16.1 Å². The number of halogens is 1. The van der Waals surface area contributed by atoms with Crippen LogP contribution in [0.5, 0.6) is 0 Å². The van der Waals surface area contributed by atoms with Crippen LogP contribution >= 0.6 is 0 Å². The Morgan fingerprint density at radius 3 is 2.31 bits per heavy atom. The van der Waals surface area contributed by atoms with Crippen molar-refractivity contribution in [2.75, 3.05) is 7.11 Å². The first-order valence-electron chi connectivity index (χ1n) is 3.49. The normalized spacial score (nSPS) is 16.3. The molecule has 5 nitrogen and oxygen atoms in total. The lowest BCUT2D eigenvalue weighted by molar-refractivity contribution is -0.142. The number of methoxy groups -OCH3 is 1. The van der Waals surface area contributed by atoms with Gasteiger partial charge in [-0.1, -0.05) is 6.92 Å².